The van der Waals surface area contributed by atoms with Crippen LogP contribution in [-0.4, -0.2) is 37.6 Å². The number of aliphatic hydroxyl groups is 1. The van der Waals surface area contributed by atoms with E-state index in [2.05, 4.69) is 55.4 Å². The highest BCUT2D eigenvalue weighted by atomic mass is 16.5. The Morgan fingerprint density at radius 3 is 1.22 bits per heavy atom. The highest BCUT2D eigenvalue weighted by molar-refractivity contribution is 4.62. The van der Waals surface area contributed by atoms with Crippen LogP contribution in [0.4, 0.5) is 0 Å². The first-order valence-corrected chi connectivity index (χ1v) is 15.9. The zero-order chi connectivity index (χ0) is 27.2. The van der Waals surface area contributed by atoms with Crippen LogP contribution >= 0.6 is 0 Å². The van der Waals surface area contributed by atoms with Gasteiger partial charge in [0, 0.05) is 13.2 Å². The molecule has 0 fully saturated rings. The molecule has 0 aliphatic rings. The average molecular weight is 513 g/mol. The van der Waals surface area contributed by atoms with E-state index >= 15 is 0 Å². The SMILES string of the molecule is CC(C)CCCC(C)CCCC(C)CCOCC(CO)OCCC(C)CCCC(C)CCCC(C)C. The van der Waals surface area contributed by atoms with Gasteiger partial charge < -0.3 is 14.6 Å². The van der Waals surface area contributed by atoms with Crippen molar-refractivity contribution < 1.29 is 14.6 Å². The van der Waals surface area contributed by atoms with Gasteiger partial charge in [-0.3, -0.25) is 0 Å². The summed E-state index contributed by atoms with van der Waals surface area (Å²) >= 11 is 0. The van der Waals surface area contributed by atoms with Crippen LogP contribution in [-0.2, 0) is 9.47 Å². The maximum absolute atomic E-state index is 9.66. The Bertz CT molecular complexity index is 450. The van der Waals surface area contributed by atoms with E-state index in [-0.39, 0.29) is 12.7 Å². The molecule has 0 heterocycles. The minimum atomic E-state index is -0.180. The smallest absolute Gasteiger partial charge is 0.104 e. The monoisotopic (exact) mass is 513 g/mol. The van der Waals surface area contributed by atoms with Gasteiger partial charge in [-0.2, -0.15) is 0 Å². The molecule has 1 N–H and O–H groups in total. The Hall–Kier alpha value is -0.120. The molecular formula is C33H68O3. The highest BCUT2D eigenvalue weighted by Gasteiger charge is 2.12. The number of aliphatic hydroxyl groups excluding tert-OH is 1. The molecule has 0 aromatic heterocycles. The van der Waals surface area contributed by atoms with E-state index in [0.717, 1.165) is 49.7 Å². The second-order valence-electron chi connectivity index (χ2n) is 13.3. The van der Waals surface area contributed by atoms with Crippen molar-refractivity contribution in [2.75, 3.05) is 26.4 Å². The van der Waals surface area contributed by atoms with E-state index < -0.39 is 0 Å². The summed E-state index contributed by atoms with van der Waals surface area (Å²) in [4.78, 5) is 0. The van der Waals surface area contributed by atoms with Crippen LogP contribution in [0.5, 0.6) is 0 Å². The van der Waals surface area contributed by atoms with E-state index in [1.54, 1.807) is 0 Å². The van der Waals surface area contributed by atoms with Crippen LogP contribution in [0.1, 0.15) is 145 Å². The lowest BCUT2D eigenvalue weighted by atomic mass is 9.93. The second-order valence-corrected chi connectivity index (χ2v) is 13.3. The predicted octanol–water partition coefficient (Wildman–Crippen LogP) is 9.70. The molecule has 0 aromatic carbocycles. The fourth-order valence-electron chi connectivity index (χ4n) is 5.04. The lowest BCUT2D eigenvalue weighted by Crippen LogP contribution is -2.25. The number of rotatable bonds is 26. The zero-order valence-electron chi connectivity index (χ0n) is 26.0. The van der Waals surface area contributed by atoms with E-state index in [9.17, 15) is 5.11 Å². The normalized spacial score (nSPS) is 16.4. The summed E-state index contributed by atoms with van der Waals surface area (Å²) in [6.45, 7) is 20.9. The van der Waals surface area contributed by atoms with Crippen molar-refractivity contribution in [2.24, 2.45) is 35.5 Å². The minimum Gasteiger partial charge on any atom is -0.394 e. The average Bonchev–Trinajstić information content (AvgIpc) is 2.80. The molecule has 0 bridgehead atoms. The molecule has 36 heavy (non-hydrogen) atoms. The first-order chi connectivity index (χ1) is 17.1. The van der Waals surface area contributed by atoms with E-state index in [1.165, 1.54) is 77.0 Å². The van der Waals surface area contributed by atoms with Gasteiger partial charge in [-0.05, 0) is 48.3 Å². The lowest BCUT2D eigenvalue weighted by molar-refractivity contribution is -0.0471. The zero-order valence-corrected chi connectivity index (χ0v) is 26.0. The Balaban J connectivity index is 3.72. The van der Waals surface area contributed by atoms with Crippen LogP contribution in [0.3, 0.4) is 0 Å². The first-order valence-electron chi connectivity index (χ1n) is 15.9. The summed E-state index contributed by atoms with van der Waals surface area (Å²) in [5, 5.41) is 9.66. The summed E-state index contributed by atoms with van der Waals surface area (Å²) in [6, 6.07) is 0. The summed E-state index contributed by atoms with van der Waals surface area (Å²) in [5.41, 5.74) is 0. The predicted molar refractivity (Wildman–Crippen MR) is 159 cm³/mol. The van der Waals surface area contributed by atoms with Crippen LogP contribution in [0.2, 0.25) is 0 Å². The van der Waals surface area contributed by atoms with Crippen molar-refractivity contribution in [3.05, 3.63) is 0 Å². The lowest BCUT2D eigenvalue weighted by Gasteiger charge is -2.19. The third-order valence-electron chi connectivity index (χ3n) is 7.97. The third-order valence-corrected chi connectivity index (χ3v) is 7.97. The van der Waals surface area contributed by atoms with E-state index in [1.807, 2.05) is 0 Å². The molecule has 0 saturated heterocycles. The van der Waals surface area contributed by atoms with E-state index in [0.29, 0.717) is 18.4 Å². The Morgan fingerprint density at radius 1 is 0.472 bits per heavy atom. The van der Waals surface area contributed by atoms with Gasteiger partial charge in [0.05, 0.1) is 13.2 Å². The van der Waals surface area contributed by atoms with Crippen LogP contribution in [0, 0.1) is 35.5 Å². The number of hydrogen-bond acceptors (Lipinski definition) is 3. The quantitative estimate of drug-likeness (QED) is 0.117. The third kappa shape index (κ3) is 24.2. The highest BCUT2D eigenvalue weighted by Crippen LogP contribution is 2.21. The maximum Gasteiger partial charge on any atom is 0.104 e. The largest absolute Gasteiger partial charge is 0.394 e. The van der Waals surface area contributed by atoms with Gasteiger partial charge in [0.15, 0.2) is 0 Å². The second kappa shape index (κ2) is 24.0. The van der Waals surface area contributed by atoms with E-state index in [4.69, 9.17) is 9.47 Å². The molecular weight excluding hydrogens is 444 g/mol. The molecule has 218 valence electrons. The van der Waals surface area contributed by atoms with Gasteiger partial charge in [0.25, 0.3) is 0 Å². The fourth-order valence-corrected chi connectivity index (χ4v) is 5.04. The molecule has 0 amide bonds. The fraction of sp³-hybridized carbons (Fsp3) is 1.00. The first kappa shape index (κ1) is 35.9. The van der Waals surface area contributed by atoms with Gasteiger partial charge >= 0.3 is 0 Å². The van der Waals surface area contributed by atoms with Crippen molar-refractivity contribution in [1.82, 2.24) is 0 Å². The van der Waals surface area contributed by atoms with Gasteiger partial charge in [0.1, 0.15) is 6.10 Å². The molecule has 3 heteroatoms. The van der Waals surface area contributed by atoms with Crippen molar-refractivity contribution in [1.29, 1.82) is 0 Å². The molecule has 0 aromatic rings. The molecule has 0 aliphatic heterocycles. The van der Waals surface area contributed by atoms with Crippen molar-refractivity contribution >= 4 is 0 Å². The molecule has 0 saturated carbocycles. The topological polar surface area (TPSA) is 38.7 Å². The summed E-state index contributed by atoms with van der Waals surface area (Å²) in [6.07, 6.45) is 18.2. The summed E-state index contributed by atoms with van der Waals surface area (Å²) in [5.74, 6) is 4.79. The molecule has 0 radical (unpaired) electrons. The van der Waals surface area contributed by atoms with Gasteiger partial charge in [-0.1, -0.05) is 132 Å². The molecule has 5 unspecified atom stereocenters. The van der Waals surface area contributed by atoms with Crippen molar-refractivity contribution in [2.45, 2.75) is 151 Å². The Morgan fingerprint density at radius 2 is 0.833 bits per heavy atom. The number of ether oxygens (including phenoxy) is 2. The van der Waals surface area contributed by atoms with Gasteiger partial charge in [-0.15, -0.1) is 0 Å². The summed E-state index contributed by atoms with van der Waals surface area (Å²) < 4.78 is 11.8. The Labute approximate surface area is 227 Å². The molecule has 5 atom stereocenters. The standard InChI is InChI=1S/C33H68O3/c1-27(2)13-9-15-29(5)17-11-19-31(7)21-23-35-26-33(25-34)36-24-22-32(8)20-12-18-30(6)16-10-14-28(3)4/h27-34H,9-26H2,1-8H3. The van der Waals surface area contributed by atoms with Crippen molar-refractivity contribution in [3.8, 4) is 0 Å². The summed E-state index contributed by atoms with van der Waals surface area (Å²) in [7, 11) is 0. The van der Waals surface area contributed by atoms with Crippen LogP contribution in [0.25, 0.3) is 0 Å². The molecule has 0 spiro atoms. The molecule has 0 aliphatic carbocycles. The number of hydrogen-bond donors (Lipinski definition) is 1. The molecule has 3 nitrogen and oxygen atoms in total. The van der Waals surface area contributed by atoms with Gasteiger partial charge in [0.2, 0.25) is 0 Å². The maximum atomic E-state index is 9.66. The minimum absolute atomic E-state index is 0.0481. The van der Waals surface area contributed by atoms with Crippen LogP contribution < -0.4 is 0 Å². The van der Waals surface area contributed by atoms with Crippen LogP contribution in [0.15, 0.2) is 0 Å². The Kier molecular flexibility index (Phi) is 23.9. The van der Waals surface area contributed by atoms with Gasteiger partial charge in [-0.25, -0.2) is 0 Å². The van der Waals surface area contributed by atoms with Crippen molar-refractivity contribution in [3.63, 3.8) is 0 Å². The molecule has 0 rings (SSSR count).